The third kappa shape index (κ3) is 2.79. The number of Topliss-reactive ketones (excluding diaryl/α,β-unsaturated/α-hetero) is 1. The largest absolute Gasteiger partial charge is 0.301 e. The topological polar surface area (TPSA) is 29.5 Å². The van der Waals surface area contributed by atoms with E-state index in [9.17, 15) is 4.79 Å². The van der Waals surface area contributed by atoms with Crippen LogP contribution in [0.25, 0.3) is 0 Å². The molecule has 0 amide bonds. The summed E-state index contributed by atoms with van der Waals surface area (Å²) in [6, 6.07) is 0. The lowest BCUT2D eigenvalue weighted by molar-refractivity contribution is -0.252. The zero-order valence-electron chi connectivity index (χ0n) is 10.6. The van der Waals surface area contributed by atoms with Crippen LogP contribution in [0, 0.1) is 0 Å². The lowest BCUT2D eigenvalue weighted by atomic mass is 9.84. The normalized spacial score (nSPS) is 27.1. The summed E-state index contributed by atoms with van der Waals surface area (Å²) in [5.74, 6) is 0.381. The van der Waals surface area contributed by atoms with E-state index in [1.807, 2.05) is 5.06 Å². The minimum absolute atomic E-state index is 0.0751. The highest BCUT2D eigenvalue weighted by atomic mass is 16.7. The second kappa shape index (κ2) is 4.22. The fourth-order valence-electron chi connectivity index (χ4n) is 2.53. The molecule has 0 spiro atoms. The molecule has 3 heteroatoms. The van der Waals surface area contributed by atoms with Gasteiger partial charge in [-0.1, -0.05) is 0 Å². The molecule has 0 atom stereocenters. The van der Waals surface area contributed by atoms with Crippen LogP contribution in [0.5, 0.6) is 0 Å². The van der Waals surface area contributed by atoms with Gasteiger partial charge in [-0.25, -0.2) is 0 Å². The van der Waals surface area contributed by atoms with Crippen LogP contribution >= 0.6 is 0 Å². The van der Waals surface area contributed by atoms with E-state index in [-0.39, 0.29) is 11.1 Å². The molecular formula is C12H23NO2. The van der Waals surface area contributed by atoms with Gasteiger partial charge in [0.15, 0.2) is 0 Å². The van der Waals surface area contributed by atoms with Gasteiger partial charge < -0.3 is 4.84 Å². The van der Waals surface area contributed by atoms with Crippen LogP contribution in [0.15, 0.2) is 0 Å². The summed E-state index contributed by atoms with van der Waals surface area (Å²) in [6.45, 7) is 8.54. The first-order valence-corrected chi connectivity index (χ1v) is 5.66. The first-order valence-electron chi connectivity index (χ1n) is 5.66. The number of carbonyl (C=O) groups is 1. The third-order valence-electron chi connectivity index (χ3n) is 3.31. The predicted molar refractivity (Wildman–Crippen MR) is 60.5 cm³/mol. The SMILES string of the molecule is CON1C(C)(C)CCC(=O)CCC1(C)C. The number of ketones is 1. The summed E-state index contributed by atoms with van der Waals surface area (Å²) in [7, 11) is 1.72. The van der Waals surface area contributed by atoms with E-state index in [0.29, 0.717) is 18.6 Å². The van der Waals surface area contributed by atoms with E-state index < -0.39 is 0 Å². The third-order valence-corrected chi connectivity index (χ3v) is 3.31. The zero-order valence-corrected chi connectivity index (χ0v) is 10.6. The molecule has 1 heterocycles. The second-order valence-electron chi connectivity index (χ2n) is 5.64. The van der Waals surface area contributed by atoms with Crippen molar-refractivity contribution in [2.24, 2.45) is 0 Å². The monoisotopic (exact) mass is 213 g/mol. The van der Waals surface area contributed by atoms with Crippen LogP contribution in [0.2, 0.25) is 0 Å². The molecule has 0 aliphatic carbocycles. The molecule has 0 aromatic rings. The van der Waals surface area contributed by atoms with Gasteiger partial charge in [-0.3, -0.25) is 4.79 Å². The van der Waals surface area contributed by atoms with Crippen LogP contribution < -0.4 is 0 Å². The van der Waals surface area contributed by atoms with Crippen LogP contribution in [-0.2, 0) is 9.63 Å². The Morgan fingerprint density at radius 3 is 1.80 bits per heavy atom. The molecule has 0 saturated carbocycles. The van der Waals surface area contributed by atoms with Crippen molar-refractivity contribution in [1.82, 2.24) is 5.06 Å². The quantitative estimate of drug-likeness (QED) is 0.670. The van der Waals surface area contributed by atoms with Gasteiger partial charge in [0.2, 0.25) is 0 Å². The summed E-state index contributed by atoms with van der Waals surface area (Å²) in [4.78, 5) is 17.1. The lowest BCUT2D eigenvalue weighted by Gasteiger charge is -2.47. The number of nitrogens with zero attached hydrogens (tertiary/aromatic N) is 1. The predicted octanol–water partition coefficient (Wildman–Crippen LogP) is 2.55. The van der Waals surface area contributed by atoms with E-state index >= 15 is 0 Å². The first kappa shape index (κ1) is 12.7. The number of rotatable bonds is 1. The summed E-state index contributed by atoms with van der Waals surface area (Å²) < 4.78 is 0. The van der Waals surface area contributed by atoms with Gasteiger partial charge in [0, 0.05) is 23.9 Å². The van der Waals surface area contributed by atoms with Gasteiger partial charge in [0.1, 0.15) is 5.78 Å². The summed E-state index contributed by atoms with van der Waals surface area (Å²) in [5.41, 5.74) is -0.150. The zero-order chi connectivity index (χ0) is 11.7. The van der Waals surface area contributed by atoms with Crippen molar-refractivity contribution >= 4 is 5.78 Å². The van der Waals surface area contributed by atoms with E-state index in [0.717, 1.165) is 12.8 Å². The van der Waals surface area contributed by atoms with Crippen molar-refractivity contribution in [3.8, 4) is 0 Å². The van der Waals surface area contributed by atoms with Crippen LogP contribution in [0.4, 0.5) is 0 Å². The number of hydroxylamine groups is 2. The molecule has 1 fully saturated rings. The molecule has 0 N–H and O–H groups in total. The molecule has 1 saturated heterocycles. The van der Waals surface area contributed by atoms with E-state index in [1.165, 1.54) is 0 Å². The summed E-state index contributed by atoms with van der Waals surface area (Å²) in [5, 5.41) is 2.05. The Labute approximate surface area is 92.7 Å². The average Bonchev–Trinajstić information content (AvgIpc) is 2.10. The number of hydrogen-bond donors (Lipinski definition) is 0. The molecular weight excluding hydrogens is 190 g/mol. The molecule has 0 aromatic heterocycles. The minimum Gasteiger partial charge on any atom is -0.301 e. The molecule has 0 aromatic carbocycles. The van der Waals surface area contributed by atoms with Crippen molar-refractivity contribution < 1.29 is 9.63 Å². The highest BCUT2D eigenvalue weighted by Crippen LogP contribution is 2.34. The lowest BCUT2D eigenvalue weighted by Crippen LogP contribution is -2.56. The van der Waals surface area contributed by atoms with Crippen molar-refractivity contribution in [1.29, 1.82) is 0 Å². The standard InChI is InChI=1S/C12H23NO2/c1-11(2)8-6-10(14)7-9-12(3,4)13(11)15-5/h6-9H2,1-5H3. The Morgan fingerprint density at radius 2 is 1.47 bits per heavy atom. The Kier molecular flexibility index (Phi) is 3.56. The fraction of sp³-hybridized carbons (Fsp3) is 0.917. The summed E-state index contributed by atoms with van der Waals surface area (Å²) in [6.07, 6.45) is 3.07. The maximum Gasteiger partial charge on any atom is 0.133 e. The highest BCUT2D eigenvalue weighted by Gasteiger charge is 2.40. The maximum absolute atomic E-state index is 11.5. The molecule has 1 aliphatic heterocycles. The van der Waals surface area contributed by atoms with Crippen molar-refractivity contribution in [2.45, 2.75) is 64.5 Å². The molecule has 1 aliphatic rings. The van der Waals surface area contributed by atoms with Gasteiger partial charge in [0.25, 0.3) is 0 Å². The van der Waals surface area contributed by atoms with Crippen LogP contribution in [0.3, 0.4) is 0 Å². The van der Waals surface area contributed by atoms with Gasteiger partial charge in [-0.2, -0.15) is 5.06 Å². The molecule has 1 rings (SSSR count). The molecule has 0 unspecified atom stereocenters. The average molecular weight is 213 g/mol. The van der Waals surface area contributed by atoms with Gasteiger partial charge >= 0.3 is 0 Å². The Morgan fingerprint density at radius 1 is 1.07 bits per heavy atom. The van der Waals surface area contributed by atoms with Crippen LogP contribution in [-0.4, -0.2) is 29.0 Å². The number of hydrogen-bond acceptors (Lipinski definition) is 3. The molecule has 0 radical (unpaired) electrons. The maximum atomic E-state index is 11.5. The number of carbonyl (C=O) groups excluding carboxylic acids is 1. The van der Waals surface area contributed by atoms with E-state index in [4.69, 9.17) is 4.84 Å². The van der Waals surface area contributed by atoms with Gasteiger partial charge in [-0.05, 0) is 40.5 Å². The Bertz CT molecular complexity index is 224. The minimum atomic E-state index is -0.0751. The Hall–Kier alpha value is -0.410. The molecule has 15 heavy (non-hydrogen) atoms. The van der Waals surface area contributed by atoms with Gasteiger partial charge in [0.05, 0.1) is 7.11 Å². The fourth-order valence-corrected chi connectivity index (χ4v) is 2.53. The molecule has 88 valence electrons. The highest BCUT2D eigenvalue weighted by molar-refractivity contribution is 5.78. The van der Waals surface area contributed by atoms with Crippen molar-refractivity contribution in [3.05, 3.63) is 0 Å². The smallest absolute Gasteiger partial charge is 0.133 e. The summed E-state index contributed by atoms with van der Waals surface area (Å²) >= 11 is 0. The molecule has 3 nitrogen and oxygen atoms in total. The van der Waals surface area contributed by atoms with Crippen molar-refractivity contribution in [3.63, 3.8) is 0 Å². The second-order valence-corrected chi connectivity index (χ2v) is 5.64. The van der Waals surface area contributed by atoms with Gasteiger partial charge in [-0.15, -0.1) is 0 Å². The first-order chi connectivity index (χ1) is 6.79. The Balaban J connectivity index is 2.92. The van der Waals surface area contributed by atoms with E-state index in [1.54, 1.807) is 7.11 Å². The molecule has 0 bridgehead atoms. The van der Waals surface area contributed by atoms with Crippen LogP contribution in [0.1, 0.15) is 53.4 Å². The van der Waals surface area contributed by atoms with E-state index in [2.05, 4.69) is 27.7 Å². The van der Waals surface area contributed by atoms with Crippen molar-refractivity contribution in [2.75, 3.05) is 7.11 Å².